The van der Waals surface area contributed by atoms with Gasteiger partial charge in [-0.25, -0.2) is 0 Å². The summed E-state index contributed by atoms with van der Waals surface area (Å²) in [7, 11) is 0. The summed E-state index contributed by atoms with van der Waals surface area (Å²) in [5.41, 5.74) is -0.104. The van der Waals surface area contributed by atoms with Gasteiger partial charge >= 0.3 is 11.9 Å². The number of aliphatic hydroxyl groups excluding tert-OH is 1. The molecule has 0 radical (unpaired) electrons. The van der Waals surface area contributed by atoms with Gasteiger partial charge in [0.15, 0.2) is 0 Å². The molecule has 0 amide bonds. The van der Waals surface area contributed by atoms with E-state index in [2.05, 4.69) is 20.8 Å². The van der Waals surface area contributed by atoms with E-state index < -0.39 is 11.8 Å². The van der Waals surface area contributed by atoms with Crippen molar-refractivity contribution in [2.24, 2.45) is 46.3 Å². The molecule has 4 fully saturated rings. The van der Waals surface area contributed by atoms with Crippen molar-refractivity contribution in [3.63, 3.8) is 0 Å². The topological polar surface area (TPSA) is 104 Å². The quantitative estimate of drug-likeness (QED) is 0.304. The Hall–Kier alpha value is -1.14. The lowest BCUT2D eigenvalue weighted by Gasteiger charge is -2.63. The smallest absolute Gasteiger partial charge is 0.308 e. The van der Waals surface area contributed by atoms with E-state index in [0.29, 0.717) is 61.2 Å². The van der Waals surface area contributed by atoms with Crippen molar-refractivity contribution in [1.29, 1.82) is 0 Å². The number of rotatable bonds is 8. The van der Waals surface area contributed by atoms with Crippen LogP contribution in [0.2, 0.25) is 0 Å². The Morgan fingerprint density at radius 1 is 1.06 bits per heavy atom. The lowest BCUT2D eigenvalue weighted by Crippen LogP contribution is -2.60. The van der Waals surface area contributed by atoms with Crippen LogP contribution in [0.3, 0.4) is 0 Å². The molecule has 4 aliphatic carbocycles. The third-order valence-corrected chi connectivity index (χ3v) is 11.4. The summed E-state index contributed by atoms with van der Waals surface area (Å²) in [4.78, 5) is 23.4. The third-order valence-electron chi connectivity index (χ3n) is 11.4. The molecular formula is C29H48O6. The minimum atomic E-state index is -1.35. The van der Waals surface area contributed by atoms with Crippen molar-refractivity contribution < 1.29 is 29.6 Å². The number of carbonyl (C=O) groups excluding carboxylic acids is 1. The lowest BCUT2D eigenvalue weighted by molar-refractivity contribution is -0.255. The third kappa shape index (κ3) is 4.79. The van der Waals surface area contributed by atoms with E-state index in [-0.39, 0.29) is 29.3 Å². The molecule has 0 heterocycles. The molecule has 0 unspecified atom stereocenters. The predicted octanol–water partition coefficient (Wildman–Crippen LogP) is 5.54. The molecule has 3 N–H and O–H groups in total. The van der Waals surface area contributed by atoms with Crippen LogP contribution in [0.25, 0.3) is 0 Å². The number of ether oxygens (including phenoxy) is 1. The van der Waals surface area contributed by atoms with Crippen LogP contribution in [-0.2, 0) is 14.3 Å². The van der Waals surface area contributed by atoms with E-state index in [1.165, 1.54) is 0 Å². The van der Waals surface area contributed by atoms with Crippen molar-refractivity contribution in [1.82, 2.24) is 0 Å². The Kier molecular flexibility index (Phi) is 7.66. The summed E-state index contributed by atoms with van der Waals surface area (Å²) in [5.74, 6) is 0.0522. The van der Waals surface area contributed by atoms with Crippen LogP contribution in [0.1, 0.15) is 111 Å². The minimum absolute atomic E-state index is 0.0420. The normalized spacial score (nSPS) is 45.7. The maximum Gasteiger partial charge on any atom is 0.308 e. The maximum atomic E-state index is 12.3. The predicted molar refractivity (Wildman–Crippen MR) is 133 cm³/mol. The van der Waals surface area contributed by atoms with Crippen LogP contribution in [0, 0.1) is 46.3 Å². The average molecular weight is 493 g/mol. The average Bonchev–Trinajstić information content (AvgIpc) is 3.16. The second-order valence-corrected chi connectivity index (χ2v) is 13.1. The highest BCUT2D eigenvalue weighted by molar-refractivity contribution is 5.69. The summed E-state index contributed by atoms with van der Waals surface area (Å²) in [6.07, 6.45) is 9.53. The van der Waals surface area contributed by atoms with Gasteiger partial charge in [0.05, 0.1) is 6.10 Å². The molecule has 0 spiro atoms. The number of carbonyl (C=O) groups is 2. The van der Waals surface area contributed by atoms with Crippen molar-refractivity contribution >= 4 is 11.9 Å². The molecule has 200 valence electrons. The van der Waals surface area contributed by atoms with Crippen molar-refractivity contribution in [2.45, 2.75) is 123 Å². The number of unbranched alkanes of at least 4 members (excludes halogenated alkanes) is 1. The molecule has 0 aromatic rings. The zero-order valence-electron chi connectivity index (χ0n) is 22.3. The molecular weight excluding hydrogens is 444 g/mol. The Balaban J connectivity index is 1.48. The molecule has 10 atom stereocenters. The van der Waals surface area contributed by atoms with Gasteiger partial charge in [-0.1, -0.05) is 34.1 Å². The summed E-state index contributed by atoms with van der Waals surface area (Å²) >= 11 is 0. The van der Waals surface area contributed by atoms with Crippen molar-refractivity contribution in [2.75, 3.05) is 0 Å². The first-order valence-electron chi connectivity index (χ1n) is 14.3. The van der Waals surface area contributed by atoms with Gasteiger partial charge in [-0.15, -0.1) is 0 Å². The first-order chi connectivity index (χ1) is 16.4. The van der Waals surface area contributed by atoms with Gasteiger partial charge in [0.2, 0.25) is 5.79 Å². The van der Waals surface area contributed by atoms with Gasteiger partial charge in [-0.05, 0) is 97.7 Å². The van der Waals surface area contributed by atoms with E-state index in [4.69, 9.17) is 4.74 Å². The van der Waals surface area contributed by atoms with Gasteiger partial charge in [0.1, 0.15) is 0 Å². The van der Waals surface area contributed by atoms with Gasteiger partial charge in [0, 0.05) is 25.7 Å². The number of hydrogen-bond acceptors (Lipinski definition) is 5. The minimum Gasteiger partial charge on any atom is -0.481 e. The number of aliphatic hydroxyl groups is 2. The SMILES string of the molecule is CCCCC(=O)O[C@@]1(O)CC[C@@]2(C)[C@H](CC[C@@H]3[C@@H]2C[C@H](O)[C@]2(C)[C@@H]([C@H](C)CCC(=O)O)CC[C@@H]32)C1. The molecule has 0 aromatic heterocycles. The van der Waals surface area contributed by atoms with Crippen LogP contribution in [0.4, 0.5) is 0 Å². The summed E-state index contributed by atoms with van der Waals surface area (Å²) in [6.45, 7) is 8.88. The summed E-state index contributed by atoms with van der Waals surface area (Å²) < 4.78 is 5.62. The molecule has 6 heteroatoms. The lowest BCUT2D eigenvalue weighted by atomic mass is 9.43. The standard InChI is InChI=1S/C29H48O6/c1-5-6-7-26(33)35-29(34)15-14-27(3)19(17-29)9-10-20-22-12-11-21(18(2)8-13-25(31)32)28(22,4)24(30)16-23(20)27/h18-24,30,34H,5-17H2,1-4H3,(H,31,32)/t18-,19-,20+,21-,22+,23+,24+,27+,28-,29+/m1/s1. The fraction of sp³-hybridized carbons (Fsp3) is 0.931. The van der Waals surface area contributed by atoms with Gasteiger partial charge in [-0.3, -0.25) is 9.59 Å². The molecule has 0 saturated heterocycles. The molecule has 35 heavy (non-hydrogen) atoms. The van der Waals surface area contributed by atoms with E-state index in [0.717, 1.165) is 51.4 Å². The molecule has 0 aliphatic heterocycles. The summed E-state index contributed by atoms with van der Waals surface area (Å²) in [6, 6.07) is 0. The number of carboxylic acids is 1. The van der Waals surface area contributed by atoms with E-state index >= 15 is 0 Å². The Labute approximate surface area is 211 Å². The number of esters is 1. The van der Waals surface area contributed by atoms with Crippen LogP contribution in [0.15, 0.2) is 0 Å². The first-order valence-corrected chi connectivity index (χ1v) is 14.3. The molecule has 6 nitrogen and oxygen atoms in total. The van der Waals surface area contributed by atoms with Crippen molar-refractivity contribution in [3.8, 4) is 0 Å². The molecule has 4 saturated carbocycles. The van der Waals surface area contributed by atoms with E-state index in [1.807, 2.05) is 6.92 Å². The zero-order valence-corrected chi connectivity index (χ0v) is 22.3. The highest BCUT2D eigenvalue weighted by Gasteiger charge is 2.64. The number of hydrogen-bond donors (Lipinski definition) is 3. The van der Waals surface area contributed by atoms with Crippen molar-refractivity contribution in [3.05, 3.63) is 0 Å². The Morgan fingerprint density at radius 2 is 1.80 bits per heavy atom. The number of aliphatic carboxylic acids is 1. The van der Waals surface area contributed by atoms with Crippen LogP contribution in [-0.4, -0.2) is 39.1 Å². The van der Waals surface area contributed by atoms with Crippen LogP contribution >= 0.6 is 0 Å². The first kappa shape index (κ1) is 26.9. The second kappa shape index (κ2) is 9.96. The molecule has 4 aliphatic rings. The van der Waals surface area contributed by atoms with Crippen LogP contribution < -0.4 is 0 Å². The highest BCUT2D eigenvalue weighted by atomic mass is 16.7. The Morgan fingerprint density at radius 3 is 2.49 bits per heavy atom. The zero-order chi connectivity index (χ0) is 25.6. The van der Waals surface area contributed by atoms with Crippen LogP contribution in [0.5, 0.6) is 0 Å². The fourth-order valence-electron chi connectivity index (χ4n) is 9.37. The van der Waals surface area contributed by atoms with E-state index in [9.17, 15) is 24.9 Å². The monoisotopic (exact) mass is 492 g/mol. The van der Waals surface area contributed by atoms with Gasteiger partial charge in [-0.2, -0.15) is 0 Å². The van der Waals surface area contributed by atoms with Gasteiger partial charge in [0.25, 0.3) is 0 Å². The largest absolute Gasteiger partial charge is 0.481 e. The second-order valence-electron chi connectivity index (χ2n) is 13.1. The highest BCUT2D eigenvalue weighted by Crippen LogP contribution is 2.69. The maximum absolute atomic E-state index is 12.3. The Bertz CT molecular complexity index is 798. The molecule has 0 aromatic carbocycles. The number of fused-ring (bicyclic) bond motifs is 5. The molecule has 4 rings (SSSR count). The summed E-state index contributed by atoms with van der Waals surface area (Å²) in [5, 5.41) is 32.0. The van der Waals surface area contributed by atoms with Gasteiger partial charge < -0.3 is 20.1 Å². The van der Waals surface area contributed by atoms with E-state index in [1.54, 1.807) is 0 Å². The fourth-order valence-corrected chi connectivity index (χ4v) is 9.37. The number of carboxylic acid groups (broad SMARTS) is 1. The molecule has 0 bridgehead atoms.